The molecule has 5 heteroatoms. The molecule has 0 aliphatic heterocycles. The first kappa shape index (κ1) is 14.6. The molecule has 0 aliphatic carbocycles. The second kappa shape index (κ2) is 5.67. The van der Waals surface area contributed by atoms with E-state index >= 15 is 0 Å². The van der Waals surface area contributed by atoms with E-state index in [1.165, 1.54) is 6.07 Å². The number of hydrogen-bond acceptors (Lipinski definition) is 3. The van der Waals surface area contributed by atoms with E-state index < -0.39 is 0 Å². The number of pyridine rings is 2. The molecule has 0 aliphatic rings. The quantitative estimate of drug-likeness (QED) is 0.508. The van der Waals surface area contributed by atoms with Crippen molar-refractivity contribution in [3.05, 3.63) is 83.3 Å². The average Bonchev–Trinajstić information content (AvgIpc) is 3.16. The van der Waals surface area contributed by atoms with Crippen molar-refractivity contribution in [2.75, 3.05) is 0 Å². The van der Waals surface area contributed by atoms with Crippen molar-refractivity contribution in [2.45, 2.75) is 0 Å². The molecular weight excluding hydrogens is 324 g/mol. The predicted molar refractivity (Wildman–Crippen MR) is 103 cm³/mol. The Labute approximate surface area is 148 Å². The van der Waals surface area contributed by atoms with Crippen LogP contribution < -0.4 is 5.43 Å². The van der Waals surface area contributed by atoms with Crippen LogP contribution in [0.25, 0.3) is 44.3 Å². The maximum Gasteiger partial charge on any atom is 0.191 e. The van der Waals surface area contributed by atoms with Gasteiger partial charge in [0.25, 0.3) is 0 Å². The molecule has 0 unspecified atom stereocenters. The third kappa shape index (κ3) is 2.29. The van der Waals surface area contributed by atoms with Gasteiger partial charge in [-0.2, -0.15) is 5.10 Å². The van der Waals surface area contributed by atoms with Crippen LogP contribution in [0.15, 0.2) is 77.9 Å². The van der Waals surface area contributed by atoms with Gasteiger partial charge < -0.3 is 4.98 Å². The normalized spacial score (nSPS) is 11.2. The van der Waals surface area contributed by atoms with Gasteiger partial charge in [0.15, 0.2) is 5.43 Å². The minimum Gasteiger partial charge on any atom is -0.346 e. The van der Waals surface area contributed by atoms with Crippen LogP contribution in [0, 0.1) is 0 Å². The van der Waals surface area contributed by atoms with Crippen LogP contribution in [0.3, 0.4) is 0 Å². The molecular formula is C21H14N4O. The summed E-state index contributed by atoms with van der Waals surface area (Å²) in [5.41, 5.74) is 5.27. The van der Waals surface area contributed by atoms with Gasteiger partial charge in [-0.25, -0.2) is 4.98 Å². The molecule has 26 heavy (non-hydrogen) atoms. The van der Waals surface area contributed by atoms with Crippen LogP contribution in [0.4, 0.5) is 0 Å². The Kier molecular flexibility index (Phi) is 3.18. The van der Waals surface area contributed by atoms with Gasteiger partial charge in [-0.15, -0.1) is 0 Å². The Balaban J connectivity index is 1.86. The molecule has 2 N–H and O–H groups in total. The van der Waals surface area contributed by atoms with E-state index in [-0.39, 0.29) is 5.43 Å². The summed E-state index contributed by atoms with van der Waals surface area (Å²) < 4.78 is 0. The molecule has 0 amide bonds. The second-order valence-electron chi connectivity index (χ2n) is 6.16. The molecule has 0 spiro atoms. The van der Waals surface area contributed by atoms with Crippen molar-refractivity contribution in [3.63, 3.8) is 0 Å². The Bertz CT molecular complexity index is 1300. The summed E-state index contributed by atoms with van der Waals surface area (Å²) in [5.74, 6) is 0. The number of aromatic amines is 2. The fraction of sp³-hybridized carbons (Fsp3) is 0. The van der Waals surface area contributed by atoms with Gasteiger partial charge in [0.1, 0.15) is 5.65 Å². The summed E-state index contributed by atoms with van der Waals surface area (Å²) in [6, 6.07) is 19.5. The number of rotatable bonds is 2. The number of benzene rings is 2. The van der Waals surface area contributed by atoms with Crippen LogP contribution >= 0.6 is 0 Å². The molecule has 5 aromatic rings. The maximum absolute atomic E-state index is 12.3. The zero-order valence-corrected chi connectivity index (χ0v) is 13.7. The van der Waals surface area contributed by atoms with E-state index in [1.807, 2.05) is 48.5 Å². The second-order valence-corrected chi connectivity index (χ2v) is 6.16. The highest BCUT2D eigenvalue weighted by Gasteiger charge is 2.13. The van der Waals surface area contributed by atoms with Gasteiger partial charge in [-0.3, -0.25) is 9.89 Å². The third-order valence-electron chi connectivity index (χ3n) is 4.54. The zero-order chi connectivity index (χ0) is 17.5. The molecule has 124 valence electrons. The van der Waals surface area contributed by atoms with Crippen molar-refractivity contribution < 1.29 is 0 Å². The first-order valence-corrected chi connectivity index (χ1v) is 8.31. The SMILES string of the molecule is O=c1cc[nH]c2nc(-c3ccccc3)c(-c3ccc4[nH]ncc4c3)cc12. The van der Waals surface area contributed by atoms with E-state index in [2.05, 4.69) is 21.2 Å². The lowest BCUT2D eigenvalue weighted by Crippen LogP contribution is -2.03. The number of H-pyrrole nitrogens is 2. The van der Waals surface area contributed by atoms with Crippen molar-refractivity contribution in [1.29, 1.82) is 0 Å². The van der Waals surface area contributed by atoms with Crippen LogP contribution in [-0.4, -0.2) is 20.2 Å². The summed E-state index contributed by atoms with van der Waals surface area (Å²) in [4.78, 5) is 20.2. The number of aromatic nitrogens is 4. The van der Waals surface area contributed by atoms with Gasteiger partial charge in [0.2, 0.25) is 0 Å². The topological polar surface area (TPSA) is 74.4 Å². The zero-order valence-electron chi connectivity index (χ0n) is 13.7. The summed E-state index contributed by atoms with van der Waals surface area (Å²) in [6.07, 6.45) is 3.42. The van der Waals surface area contributed by atoms with Crippen molar-refractivity contribution in [2.24, 2.45) is 0 Å². The van der Waals surface area contributed by atoms with Crippen molar-refractivity contribution >= 4 is 21.9 Å². The molecule has 3 heterocycles. The number of fused-ring (bicyclic) bond motifs is 2. The molecule has 5 nitrogen and oxygen atoms in total. The van der Waals surface area contributed by atoms with Gasteiger partial charge in [-0.05, 0) is 23.8 Å². The largest absolute Gasteiger partial charge is 0.346 e. The van der Waals surface area contributed by atoms with Crippen LogP contribution in [0.5, 0.6) is 0 Å². The van der Waals surface area contributed by atoms with Crippen molar-refractivity contribution in [3.8, 4) is 22.4 Å². The fourth-order valence-corrected chi connectivity index (χ4v) is 3.24. The van der Waals surface area contributed by atoms with E-state index in [1.54, 1.807) is 12.4 Å². The van der Waals surface area contributed by atoms with E-state index in [0.717, 1.165) is 33.3 Å². The lowest BCUT2D eigenvalue weighted by molar-refractivity contribution is 1.12. The average molecular weight is 338 g/mol. The molecule has 0 radical (unpaired) electrons. The monoisotopic (exact) mass is 338 g/mol. The van der Waals surface area contributed by atoms with E-state index in [9.17, 15) is 4.79 Å². The lowest BCUT2D eigenvalue weighted by atomic mass is 9.97. The highest BCUT2D eigenvalue weighted by molar-refractivity contribution is 5.93. The molecule has 0 saturated heterocycles. The fourth-order valence-electron chi connectivity index (χ4n) is 3.24. The number of hydrogen-bond donors (Lipinski definition) is 2. The van der Waals surface area contributed by atoms with Gasteiger partial charge in [0.05, 0.1) is 22.8 Å². The Morgan fingerprint density at radius 1 is 0.885 bits per heavy atom. The van der Waals surface area contributed by atoms with Gasteiger partial charge in [0, 0.05) is 28.8 Å². The summed E-state index contributed by atoms with van der Waals surface area (Å²) in [5, 5.41) is 8.64. The molecule has 0 atom stereocenters. The first-order chi connectivity index (χ1) is 12.8. The van der Waals surface area contributed by atoms with Crippen molar-refractivity contribution in [1.82, 2.24) is 20.2 Å². The summed E-state index contributed by atoms with van der Waals surface area (Å²) in [6.45, 7) is 0. The number of nitrogens with zero attached hydrogens (tertiary/aromatic N) is 2. The van der Waals surface area contributed by atoms with Crippen LogP contribution in [-0.2, 0) is 0 Å². The Hall–Kier alpha value is -3.73. The molecule has 3 aromatic heterocycles. The Morgan fingerprint density at radius 2 is 1.77 bits per heavy atom. The Morgan fingerprint density at radius 3 is 2.65 bits per heavy atom. The highest BCUT2D eigenvalue weighted by Crippen LogP contribution is 2.33. The molecule has 2 aromatic carbocycles. The van der Waals surface area contributed by atoms with E-state index in [4.69, 9.17) is 4.98 Å². The molecule has 5 rings (SSSR count). The smallest absolute Gasteiger partial charge is 0.191 e. The van der Waals surface area contributed by atoms with Gasteiger partial charge in [-0.1, -0.05) is 36.4 Å². The highest BCUT2D eigenvalue weighted by atomic mass is 16.1. The minimum absolute atomic E-state index is 0.0449. The van der Waals surface area contributed by atoms with Crippen LogP contribution in [0.1, 0.15) is 0 Å². The maximum atomic E-state index is 12.3. The third-order valence-corrected chi connectivity index (χ3v) is 4.54. The predicted octanol–water partition coefficient (Wildman–Crippen LogP) is 4.13. The summed E-state index contributed by atoms with van der Waals surface area (Å²) >= 11 is 0. The molecule has 0 fully saturated rings. The molecule has 0 bridgehead atoms. The lowest BCUT2D eigenvalue weighted by Gasteiger charge is -2.11. The minimum atomic E-state index is -0.0449. The number of nitrogens with one attached hydrogen (secondary N) is 2. The summed E-state index contributed by atoms with van der Waals surface area (Å²) in [7, 11) is 0. The standard InChI is InChI=1S/C21H14N4O/c26-19-8-9-22-21-17(19)11-16(20(24-21)13-4-2-1-3-5-13)14-6-7-18-15(10-14)12-23-25-18/h1-12H,(H,23,25)(H,22,24,26). The van der Waals surface area contributed by atoms with Crippen LogP contribution in [0.2, 0.25) is 0 Å². The van der Waals surface area contributed by atoms with E-state index in [0.29, 0.717) is 11.0 Å². The molecule has 0 saturated carbocycles. The van der Waals surface area contributed by atoms with Gasteiger partial charge >= 0.3 is 0 Å². The first-order valence-electron chi connectivity index (χ1n) is 8.31.